The summed E-state index contributed by atoms with van der Waals surface area (Å²) in [4.78, 5) is 25.1. The first kappa shape index (κ1) is 23.8. The lowest BCUT2D eigenvalue weighted by Gasteiger charge is -2.26. The summed E-state index contributed by atoms with van der Waals surface area (Å²) in [6.07, 6.45) is 1.04. The molecular weight excluding hydrogens is 409 g/mol. The summed E-state index contributed by atoms with van der Waals surface area (Å²) < 4.78 is 25.2. The molecule has 1 fully saturated rings. The molecule has 0 aliphatic carbocycles. The minimum Gasteiger partial charge on any atom is -0.460 e. The number of cyclic esters (lactones) is 1. The minimum absolute atomic E-state index is 0.270. The molecule has 0 bridgehead atoms. The Morgan fingerprint density at radius 3 is 2.44 bits per heavy atom. The quantitative estimate of drug-likeness (QED) is 0.614. The van der Waals surface area contributed by atoms with Gasteiger partial charge in [0.05, 0.1) is 12.0 Å². The van der Waals surface area contributed by atoms with Crippen LogP contribution in [0.2, 0.25) is 0 Å². The van der Waals surface area contributed by atoms with Crippen LogP contribution in [-0.4, -0.2) is 29.8 Å². The molecule has 3 unspecified atom stereocenters. The summed E-state index contributed by atoms with van der Waals surface area (Å²) >= 11 is 0. The van der Waals surface area contributed by atoms with Crippen LogP contribution in [0.25, 0.3) is 0 Å². The predicted molar refractivity (Wildman–Crippen MR) is 121 cm³/mol. The summed E-state index contributed by atoms with van der Waals surface area (Å²) in [5, 5.41) is 2.90. The van der Waals surface area contributed by atoms with Crippen LogP contribution in [-0.2, 0) is 33.5 Å². The van der Waals surface area contributed by atoms with E-state index in [1.807, 2.05) is 12.1 Å². The second kappa shape index (κ2) is 10.2. The van der Waals surface area contributed by atoms with E-state index in [9.17, 15) is 14.0 Å². The van der Waals surface area contributed by atoms with Gasteiger partial charge in [0.25, 0.3) is 0 Å². The van der Waals surface area contributed by atoms with Gasteiger partial charge < -0.3 is 14.8 Å². The molecule has 2 aromatic carbocycles. The number of halogens is 1. The number of aryl methyl sites for hydroxylation is 1. The van der Waals surface area contributed by atoms with Crippen LogP contribution in [0.15, 0.2) is 48.5 Å². The maximum Gasteiger partial charge on any atom is 0.408 e. The molecule has 6 heteroatoms. The normalized spacial score (nSPS) is 19.3. The van der Waals surface area contributed by atoms with Crippen molar-refractivity contribution in [2.24, 2.45) is 5.92 Å². The SMILES string of the molecule is CCc1ccc(CC(NC(=O)OC(C)(C)C)C2CC(Cc3ccccc3F)C(=O)O2)cc1. The Balaban J connectivity index is 1.74. The Hall–Kier alpha value is -2.89. The summed E-state index contributed by atoms with van der Waals surface area (Å²) in [7, 11) is 0. The van der Waals surface area contributed by atoms with Crippen molar-refractivity contribution in [3.63, 3.8) is 0 Å². The second-order valence-corrected chi connectivity index (χ2v) is 9.33. The third-order valence-electron chi connectivity index (χ3n) is 5.58. The Morgan fingerprint density at radius 1 is 1.16 bits per heavy atom. The van der Waals surface area contributed by atoms with Gasteiger partial charge in [-0.3, -0.25) is 4.79 Å². The molecule has 1 heterocycles. The van der Waals surface area contributed by atoms with Crippen LogP contribution in [0.1, 0.15) is 50.8 Å². The molecule has 172 valence electrons. The molecule has 5 nitrogen and oxygen atoms in total. The molecule has 0 radical (unpaired) electrons. The van der Waals surface area contributed by atoms with Gasteiger partial charge in [-0.05, 0) is 62.8 Å². The average Bonchev–Trinajstić information content (AvgIpc) is 3.09. The summed E-state index contributed by atoms with van der Waals surface area (Å²) in [6, 6.07) is 14.2. The maximum atomic E-state index is 14.1. The van der Waals surface area contributed by atoms with E-state index in [1.54, 1.807) is 39.0 Å². The number of benzene rings is 2. The second-order valence-electron chi connectivity index (χ2n) is 9.33. The molecule has 0 saturated carbocycles. The van der Waals surface area contributed by atoms with Gasteiger partial charge in [-0.15, -0.1) is 0 Å². The minimum atomic E-state index is -0.642. The number of carbonyl (C=O) groups is 2. The molecule has 3 atom stereocenters. The number of esters is 1. The van der Waals surface area contributed by atoms with Gasteiger partial charge in [0.15, 0.2) is 0 Å². The van der Waals surface area contributed by atoms with Gasteiger partial charge in [-0.25, -0.2) is 9.18 Å². The van der Waals surface area contributed by atoms with Crippen molar-refractivity contribution in [3.05, 3.63) is 71.0 Å². The van der Waals surface area contributed by atoms with Crippen molar-refractivity contribution >= 4 is 12.1 Å². The molecular formula is C26H32FNO4. The average molecular weight is 442 g/mol. The lowest BCUT2D eigenvalue weighted by Crippen LogP contribution is -2.46. The van der Waals surface area contributed by atoms with Gasteiger partial charge in [0.1, 0.15) is 17.5 Å². The van der Waals surface area contributed by atoms with Crippen LogP contribution in [0, 0.1) is 11.7 Å². The number of hydrogen-bond donors (Lipinski definition) is 1. The smallest absolute Gasteiger partial charge is 0.408 e. The van der Waals surface area contributed by atoms with Crippen molar-refractivity contribution in [3.8, 4) is 0 Å². The zero-order valence-corrected chi connectivity index (χ0v) is 19.2. The van der Waals surface area contributed by atoms with Gasteiger partial charge >= 0.3 is 12.1 Å². The summed E-state index contributed by atoms with van der Waals surface area (Å²) in [5.74, 6) is -1.15. The molecule has 1 saturated heterocycles. The van der Waals surface area contributed by atoms with E-state index in [4.69, 9.17) is 9.47 Å². The number of nitrogens with one attached hydrogen (secondary N) is 1. The number of hydrogen-bond acceptors (Lipinski definition) is 4. The van der Waals surface area contributed by atoms with E-state index >= 15 is 0 Å². The van der Waals surface area contributed by atoms with Gasteiger partial charge in [0.2, 0.25) is 0 Å². The molecule has 0 aromatic heterocycles. The van der Waals surface area contributed by atoms with Crippen LogP contribution < -0.4 is 5.32 Å². The topological polar surface area (TPSA) is 64.6 Å². The molecule has 2 aromatic rings. The van der Waals surface area contributed by atoms with Crippen LogP contribution in [0.3, 0.4) is 0 Å². The van der Waals surface area contributed by atoms with Crippen molar-refractivity contribution in [1.29, 1.82) is 0 Å². The van der Waals surface area contributed by atoms with Crippen molar-refractivity contribution in [1.82, 2.24) is 5.32 Å². The first-order chi connectivity index (χ1) is 15.1. The first-order valence-corrected chi connectivity index (χ1v) is 11.2. The lowest BCUT2D eigenvalue weighted by atomic mass is 9.91. The van der Waals surface area contributed by atoms with Gasteiger partial charge in [-0.1, -0.05) is 49.4 Å². The van der Waals surface area contributed by atoms with E-state index in [1.165, 1.54) is 11.6 Å². The highest BCUT2D eigenvalue weighted by Gasteiger charge is 2.40. The molecule has 0 spiro atoms. The van der Waals surface area contributed by atoms with Crippen LogP contribution in [0.4, 0.5) is 9.18 Å². The first-order valence-electron chi connectivity index (χ1n) is 11.2. The van der Waals surface area contributed by atoms with E-state index in [-0.39, 0.29) is 18.2 Å². The van der Waals surface area contributed by atoms with E-state index in [0.717, 1.165) is 12.0 Å². The highest BCUT2D eigenvalue weighted by molar-refractivity contribution is 5.75. The zero-order chi connectivity index (χ0) is 23.3. The van der Waals surface area contributed by atoms with Gasteiger partial charge in [-0.2, -0.15) is 0 Å². The third-order valence-corrected chi connectivity index (χ3v) is 5.58. The monoisotopic (exact) mass is 441 g/mol. The van der Waals surface area contributed by atoms with Crippen LogP contribution >= 0.6 is 0 Å². The Bertz CT molecular complexity index is 936. The van der Waals surface area contributed by atoms with E-state index in [2.05, 4.69) is 24.4 Å². The van der Waals surface area contributed by atoms with E-state index < -0.39 is 29.8 Å². The third kappa shape index (κ3) is 6.55. The van der Waals surface area contributed by atoms with Crippen molar-refractivity contribution in [2.45, 2.75) is 71.1 Å². The lowest BCUT2D eigenvalue weighted by molar-refractivity contribution is -0.145. The fraction of sp³-hybridized carbons (Fsp3) is 0.462. The molecule has 1 amide bonds. The van der Waals surface area contributed by atoms with E-state index in [0.29, 0.717) is 18.4 Å². The Labute approximate surface area is 189 Å². The number of alkyl carbamates (subject to hydrolysis) is 1. The van der Waals surface area contributed by atoms with Crippen molar-refractivity contribution < 1.29 is 23.5 Å². The van der Waals surface area contributed by atoms with Crippen molar-refractivity contribution in [2.75, 3.05) is 0 Å². The largest absolute Gasteiger partial charge is 0.460 e. The molecule has 3 rings (SSSR count). The molecule has 32 heavy (non-hydrogen) atoms. The fourth-order valence-electron chi connectivity index (χ4n) is 3.91. The summed E-state index contributed by atoms with van der Waals surface area (Å²) in [5.41, 5.74) is 2.10. The fourth-order valence-corrected chi connectivity index (χ4v) is 3.91. The number of amides is 1. The number of ether oxygens (including phenoxy) is 2. The molecule has 1 aliphatic rings. The van der Waals surface area contributed by atoms with Gasteiger partial charge in [0, 0.05) is 6.42 Å². The Kier molecular flexibility index (Phi) is 7.54. The molecule has 1 N–H and O–H groups in total. The highest BCUT2D eigenvalue weighted by atomic mass is 19.1. The van der Waals surface area contributed by atoms with Crippen LogP contribution in [0.5, 0.6) is 0 Å². The predicted octanol–water partition coefficient (Wildman–Crippen LogP) is 5.00. The maximum absolute atomic E-state index is 14.1. The zero-order valence-electron chi connectivity index (χ0n) is 19.2. The standard InChI is InChI=1S/C26H32FNO4/c1-5-17-10-12-18(13-11-17)14-22(28-25(30)32-26(2,3)4)23-16-20(24(29)31-23)15-19-8-6-7-9-21(19)27/h6-13,20,22-23H,5,14-16H2,1-4H3,(H,28,30). The highest BCUT2D eigenvalue weighted by Crippen LogP contribution is 2.29. The molecule has 1 aliphatic heterocycles. The Morgan fingerprint density at radius 2 is 1.81 bits per heavy atom. The number of rotatable bonds is 7. The summed E-state index contributed by atoms with van der Waals surface area (Å²) in [6.45, 7) is 7.48. The number of carbonyl (C=O) groups excluding carboxylic acids is 2.